The van der Waals surface area contributed by atoms with Gasteiger partial charge in [0.15, 0.2) is 0 Å². The first-order chi connectivity index (χ1) is 15.0. The minimum absolute atomic E-state index is 0. The van der Waals surface area contributed by atoms with E-state index in [1.54, 1.807) is 21.3 Å². The second kappa shape index (κ2) is 33.4. The minimum Gasteiger partial charge on any atom is -0.377 e. The van der Waals surface area contributed by atoms with Crippen molar-refractivity contribution in [1.29, 1.82) is 0 Å². The molecule has 0 atom stereocenters. The maximum absolute atomic E-state index is 5.30. The fraction of sp³-hybridized carbons (Fsp3) is 0.741. The van der Waals surface area contributed by atoms with Crippen LogP contribution in [0.1, 0.15) is 104 Å². The fourth-order valence-electron chi connectivity index (χ4n) is 2.55. The van der Waals surface area contributed by atoms with Crippen molar-refractivity contribution in [1.82, 2.24) is 0 Å². The summed E-state index contributed by atoms with van der Waals surface area (Å²) < 4.78 is 15.9. The van der Waals surface area contributed by atoms with Gasteiger partial charge in [0.1, 0.15) is 0 Å². The third kappa shape index (κ3) is 28.3. The second-order valence-electron chi connectivity index (χ2n) is 7.46. The molecule has 32 heavy (non-hydrogen) atoms. The van der Waals surface area contributed by atoms with Crippen LogP contribution in [0.15, 0.2) is 17.7 Å². The van der Waals surface area contributed by atoms with Crippen LogP contribution >= 0.6 is 0 Å². The Morgan fingerprint density at radius 2 is 1.12 bits per heavy atom. The smallest absolute Gasteiger partial charge is 0.377 e. The van der Waals surface area contributed by atoms with Crippen molar-refractivity contribution < 1.29 is 34.3 Å². The molecule has 0 spiro atoms. The molecule has 0 aromatic heterocycles. The predicted octanol–water partition coefficient (Wildman–Crippen LogP) is 8.75. The molecular formula is C27H54O3PtSi. The number of hydrogen-bond donors (Lipinski definition) is 0. The predicted molar refractivity (Wildman–Crippen MR) is 141 cm³/mol. The van der Waals surface area contributed by atoms with E-state index in [-0.39, 0.29) is 21.1 Å². The Labute approximate surface area is 218 Å². The topological polar surface area (TPSA) is 27.7 Å². The van der Waals surface area contributed by atoms with Crippen LogP contribution in [-0.4, -0.2) is 30.1 Å². The molecule has 1 rings (SSSR count). The van der Waals surface area contributed by atoms with Gasteiger partial charge in [0.25, 0.3) is 0 Å². The van der Waals surface area contributed by atoms with Gasteiger partial charge in [-0.2, -0.15) is 25.3 Å². The van der Waals surface area contributed by atoms with Gasteiger partial charge in [0.05, 0.1) is 0 Å². The number of allylic oxidation sites excluding steroid dienone is 4. The summed E-state index contributed by atoms with van der Waals surface area (Å²) in [4.78, 5) is 0. The summed E-state index contributed by atoms with van der Waals surface area (Å²) >= 11 is 0. The molecular weight excluding hydrogens is 595 g/mol. The molecule has 0 radical (unpaired) electrons. The van der Waals surface area contributed by atoms with E-state index in [4.69, 9.17) is 13.3 Å². The minimum atomic E-state index is -2.43. The van der Waals surface area contributed by atoms with Crippen molar-refractivity contribution in [2.75, 3.05) is 21.3 Å². The van der Waals surface area contributed by atoms with Gasteiger partial charge in [-0.25, -0.2) is 11.6 Å². The first-order valence-electron chi connectivity index (χ1n) is 12.3. The van der Waals surface area contributed by atoms with Crippen molar-refractivity contribution in [3.8, 4) is 0 Å². The quantitative estimate of drug-likeness (QED) is 0.107. The summed E-state index contributed by atoms with van der Waals surface area (Å²) in [6.45, 7) is 17.8. The molecule has 0 bridgehead atoms. The van der Waals surface area contributed by atoms with E-state index in [1.165, 1.54) is 57.8 Å². The second-order valence-corrected chi connectivity index (χ2v) is 10.4. The number of unbranched alkanes of at least 4 members (excludes halogenated alkanes) is 9. The number of hydrogen-bond acceptors (Lipinski definition) is 3. The van der Waals surface area contributed by atoms with E-state index in [9.17, 15) is 0 Å². The first kappa shape index (κ1) is 39.5. The van der Waals surface area contributed by atoms with Crippen LogP contribution in [0, 0.1) is 26.8 Å². The molecule has 5 heteroatoms. The summed E-state index contributed by atoms with van der Waals surface area (Å²) in [5.74, 6) is 0. The molecule has 0 aromatic rings. The van der Waals surface area contributed by atoms with E-state index in [0.29, 0.717) is 6.04 Å². The maximum Gasteiger partial charge on any atom is 4.00 e. The van der Waals surface area contributed by atoms with Crippen LogP contribution in [-0.2, 0) is 34.3 Å². The van der Waals surface area contributed by atoms with E-state index in [1.807, 2.05) is 6.08 Å². The van der Waals surface area contributed by atoms with E-state index in [0.717, 1.165) is 31.3 Å². The molecule has 0 unspecified atom stereocenters. The summed E-state index contributed by atoms with van der Waals surface area (Å²) in [5.41, 5.74) is 1.12. The van der Waals surface area contributed by atoms with Crippen LogP contribution in [0.25, 0.3) is 0 Å². The molecule has 0 N–H and O–H groups in total. The molecule has 194 valence electrons. The Kier molecular flexibility index (Phi) is 41.3. The molecule has 0 aromatic carbocycles. The van der Waals surface area contributed by atoms with Gasteiger partial charge >= 0.3 is 29.9 Å². The van der Waals surface area contributed by atoms with E-state index < -0.39 is 8.80 Å². The molecule has 0 aliphatic heterocycles. The van der Waals surface area contributed by atoms with Crippen LogP contribution < -0.4 is 0 Å². The molecule has 0 fully saturated rings. The number of rotatable bonds is 14. The van der Waals surface area contributed by atoms with Crippen molar-refractivity contribution in [3.63, 3.8) is 0 Å². The zero-order valence-electron chi connectivity index (χ0n) is 22.2. The molecule has 0 heterocycles. The van der Waals surface area contributed by atoms with Crippen molar-refractivity contribution in [2.24, 2.45) is 0 Å². The average Bonchev–Trinajstić information content (AvgIpc) is 3.32. The van der Waals surface area contributed by atoms with Crippen LogP contribution in [0.4, 0.5) is 0 Å². The van der Waals surface area contributed by atoms with Crippen LogP contribution in [0.3, 0.4) is 0 Å². The third-order valence-corrected chi connectivity index (χ3v) is 7.35. The standard InChI is InChI=1S/C9H15O3Si.3C6H13.Pt/c1-10-13(11-2,12-3)8-9-6-4-5-7-9;3*1-3-5-6-4-2;/h4,6H,5,8H2,1-3H3;3*1,3-6H2,2H3;/q4*-1;+4. The Morgan fingerprint density at radius 3 is 1.31 bits per heavy atom. The summed E-state index contributed by atoms with van der Waals surface area (Å²) in [6, 6.07) is 0.701. The van der Waals surface area contributed by atoms with Gasteiger partial charge < -0.3 is 34.0 Å². The van der Waals surface area contributed by atoms with Gasteiger partial charge in [-0.05, 0) is 0 Å². The monoisotopic (exact) mass is 649 g/mol. The van der Waals surface area contributed by atoms with Crippen molar-refractivity contribution >= 4 is 8.80 Å². The summed E-state index contributed by atoms with van der Waals surface area (Å²) in [7, 11) is 2.44. The maximum atomic E-state index is 5.30. The molecule has 1 aliphatic rings. The Morgan fingerprint density at radius 1 is 0.750 bits per heavy atom. The first-order valence-corrected chi connectivity index (χ1v) is 14.2. The molecule has 0 amide bonds. The van der Waals surface area contributed by atoms with Gasteiger partial charge in [-0.3, -0.25) is 6.08 Å². The zero-order valence-corrected chi connectivity index (χ0v) is 25.5. The Hall–Kier alpha value is 0.265. The summed E-state index contributed by atoms with van der Waals surface area (Å²) in [6.07, 6.45) is 23.4. The van der Waals surface area contributed by atoms with E-state index in [2.05, 4.69) is 53.7 Å². The summed E-state index contributed by atoms with van der Waals surface area (Å²) in [5, 5.41) is 0. The average molecular weight is 650 g/mol. The fourth-order valence-corrected chi connectivity index (χ4v) is 4.19. The SMILES string of the molecule is CO[Si](CC1=[C-]CC=C1)(OC)OC.[CH2-]CCCCC.[CH2-]CCCCC.[CH2-]CCCCC.[Pt+4]. The van der Waals surface area contributed by atoms with Gasteiger partial charge in [0.2, 0.25) is 0 Å². The van der Waals surface area contributed by atoms with Crippen LogP contribution in [0.2, 0.25) is 6.04 Å². The molecule has 0 saturated carbocycles. The van der Waals surface area contributed by atoms with Gasteiger partial charge in [0, 0.05) is 27.4 Å². The molecule has 0 saturated heterocycles. The van der Waals surface area contributed by atoms with Gasteiger partial charge in [-0.1, -0.05) is 78.6 Å². The van der Waals surface area contributed by atoms with E-state index >= 15 is 0 Å². The third-order valence-electron chi connectivity index (χ3n) is 4.67. The molecule has 3 nitrogen and oxygen atoms in total. The van der Waals surface area contributed by atoms with Crippen molar-refractivity contribution in [2.45, 2.75) is 110 Å². The van der Waals surface area contributed by atoms with Crippen LogP contribution in [0.5, 0.6) is 0 Å². The van der Waals surface area contributed by atoms with Crippen molar-refractivity contribution in [3.05, 3.63) is 44.6 Å². The zero-order chi connectivity index (χ0) is 24.2. The largest absolute Gasteiger partial charge is 4.00 e. The molecule has 1 aliphatic carbocycles. The Balaban J connectivity index is -0.000000177. The normalized spacial score (nSPS) is 11.7. The Bertz CT molecular complexity index is 344. The van der Waals surface area contributed by atoms with Gasteiger partial charge in [-0.15, -0.1) is 6.42 Å².